The zero-order valence-corrected chi connectivity index (χ0v) is 8.03. The van der Waals surface area contributed by atoms with Crippen LogP contribution in [0.3, 0.4) is 0 Å². The summed E-state index contributed by atoms with van der Waals surface area (Å²) in [5, 5.41) is 1.13. The molecule has 2 heterocycles. The minimum absolute atomic E-state index is 0.489. The average Bonchev–Trinajstić information content (AvgIpc) is 2.54. The number of hydrogen-bond acceptors (Lipinski definition) is 2. The Morgan fingerprint density at radius 3 is 3.14 bits per heavy atom. The molecule has 0 spiro atoms. The van der Waals surface area contributed by atoms with E-state index in [1.807, 2.05) is 24.4 Å². The first-order valence-electron chi connectivity index (χ1n) is 4.89. The number of hydrogen-bond donors (Lipinski definition) is 0. The summed E-state index contributed by atoms with van der Waals surface area (Å²) in [6, 6.07) is 8.06. The van der Waals surface area contributed by atoms with Crippen LogP contribution in [0.1, 0.15) is 12.7 Å². The predicted octanol–water partition coefficient (Wildman–Crippen LogP) is 3.33. The van der Waals surface area contributed by atoms with Gasteiger partial charge in [-0.25, -0.2) is 0 Å². The molecular formula is C12H11NO. The van der Waals surface area contributed by atoms with Crippen molar-refractivity contribution in [3.8, 4) is 0 Å². The third kappa shape index (κ3) is 1.00. The lowest BCUT2D eigenvalue weighted by atomic mass is 10.0. The molecule has 1 unspecified atom stereocenters. The fraction of sp³-hybridized carbons (Fsp3) is 0.250. The van der Waals surface area contributed by atoms with Crippen LogP contribution in [-0.2, 0) is 6.42 Å². The molecule has 1 aromatic heterocycles. The molecule has 0 bridgehead atoms. The van der Waals surface area contributed by atoms with Gasteiger partial charge < -0.3 is 4.42 Å². The van der Waals surface area contributed by atoms with E-state index in [1.54, 1.807) is 0 Å². The van der Waals surface area contributed by atoms with Crippen LogP contribution in [0.4, 0.5) is 5.69 Å². The molecule has 3 rings (SSSR count). The van der Waals surface area contributed by atoms with Crippen LogP contribution >= 0.6 is 0 Å². The van der Waals surface area contributed by atoms with Crippen molar-refractivity contribution < 1.29 is 4.42 Å². The molecule has 0 saturated heterocycles. The van der Waals surface area contributed by atoms with Crippen molar-refractivity contribution in [1.82, 2.24) is 0 Å². The Bertz CT molecular complexity index is 510. The molecule has 2 aromatic rings. The Balaban J connectivity index is 2.32. The van der Waals surface area contributed by atoms with E-state index in [0.29, 0.717) is 5.92 Å². The zero-order chi connectivity index (χ0) is 9.54. The van der Waals surface area contributed by atoms with E-state index in [2.05, 4.69) is 18.0 Å². The summed E-state index contributed by atoms with van der Waals surface area (Å²) in [5.74, 6) is 1.52. The van der Waals surface area contributed by atoms with Crippen LogP contribution < -0.4 is 0 Å². The quantitative estimate of drug-likeness (QED) is 0.618. The Kier molecular flexibility index (Phi) is 1.51. The number of aliphatic imine (C=N–C) groups is 1. The van der Waals surface area contributed by atoms with E-state index in [0.717, 1.165) is 28.8 Å². The smallest absolute Gasteiger partial charge is 0.136 e. The second-order valence-electron chi connectivity index (χ2n) is 3.83. The van der Waals surface area contributed by atoms with Gasteiger partial charge in [0.15, 0.2) is 0 Å². The summed E-state index contributed by atoms with van der Waals surface area (Å²) in [5.41, 5.74) is 1.97. The molecule has 70 valence electrons. The van der Waals surface area contributed by atoms with E-state index in [4.69, 9.17) is 4.42 Å². The van der Waals surface area contributed by atoms with Crippen LogP contribution in [-0.4, -0.2) is 6.21 Å². The maximum absolute atomic E-state index is 5.75. The van der Waals surface area contributed by atoms with Gasteiger partial charge in [-0.05, 0) is 18.1 Å². The Morgan fingerprint density at radius 2 is 2.21 bits per heavy atom. The molecular weight excluding hydrogens is 174 g/mol. The van der Waals surface area contributed by atoms with Crippen molar-refractivity contribution in [2.75, 3.05) is 0 Å². The molecule has 0 aliphatic carbocycles. The highest BCUT2D eigenvalue weighted by atomic mass is 16.3. The average molecular weight is 185 g/mol. The number of nitrogens with zero attached hydrogens (tertiary/aromatic N) is 1. The van der Waals surface area contributed by atoms with Crippen LogP contribution in [0.5, 0.6) is 0 Å². The number of para-hydroxylation sites is 1. The van der Waals surface area contributed by atoms with Gasteiger partial charge >= 0.3 is 0 Å². The van der Waals surface area contributed by atoms with Gasteiger partial charge in [0.2, 0.25) is 0 Å². The molecule has 0 fully saturated rings. The van der Waals surface area contributed by atoms with Crippen molar-refractivity contribution in [1.29, 1.82) is 0 Å². The zero-order valence-electron chi connectivity index (χ0n) is 8.03. The second-order valence-corrected chi connectivity index (χ2v) is 3.83. The van der Waals surface area contributed by atoms with Crippen molar-refractivity contribution in [3.63, 3.8) is 0 Å². The molecule has 1 aliphatic heterocycles. The summed E-state index contributed by atoms with van der Waals surface area (Å²) in [6.07, 6.45) is 2.97. The Labute approximate surface area is 82.3 Å². The molecule has 14 heavy (non-hydrogen) atoms. The SMILES string of the molecule is CC1C=Nc2c(oc3ccccc23)C1. The van der Waals surface area contributed by atoms with Crippen LogP contribution in [0.25, 0.3) is 11.0 Å². The molecule has 1 aliphatic rings. The standard InChI is InChI=1S/C12H11NO/c1-8-6-11-12(13-7-8)9-4-2-3-5-10(9)14-11/h2-5,7-8H,6H2,1H3. The molecule has 2 heteroatoms. The van der Waals surface area contributed by atoms with E-state index in [-0.39, 0.29) is 0 Å². The van der Waals surface area contributed by atoms with Gasteiger partial charge in [0, 0.05) is 18.0 Å². The van der Waals surface area contributed by atoms with Gasteiger partial charge in [-0.15, -0.1) is 0 Å². The summed E-state index contributed by atoms with van der Waals surface area (Å²) in [4.78, 5) is 4.44. The summed E-state index contributed by atoms with van der Waals surface area (Å²) in [6.45, 7) is 2.15. The monoisotopic (exact) mass is 185 g/mol. The van der Waals surface area contributed by atoms with Gasteiger partial charge in [-0.2, -0.15) is 0 Å². The minimum atomic E-state index is 0.489. The van der Waals surface area contributed by atoms with Gasteiger partial charge in [0.1, 0.15) is 17.0 Å². The number of fused-ring (bicyclic) bond motifs is 3. The molecule has 2 nitrogen and oxygen atoms in total. The third-order valence-corrected chi connectivity index (χ3v) is 2.60. The van der Waals surface area contributed by atoms with E-state index < -0.39 is 0 Å². The molecule has 1 aromatic carbocycles. The predicted molar refractivity (Wildman–Crippen MR) is 57.2 cm³/mol. The fourth-order valence-corrected chi connectivity index (χ4v) is 1.91. The van der Waals surface area contributed by atoms with Crippen LogP contribution in [0.2, 0.25) is 0 Å². The van der Waals surface area contributed by atoms with Crippen molar-refractivity contribution in [2.45, 2.75) is 13.3 Å². The number of furan rings is 1. The highest BCUT2D eigenvalue weighted by Crippen LogP contribution is 2.36. The minimum Gasteiger partial charge on any atom is -0.459 e. The maximum Gasteiger partial charge on any atom is 0.136 e. The van der Waals surface area contributed by atoms with Gasteiger partial charge in [0.05, 0.1) is 0 Å². The molecule has 0 N–H and O–H groups in total. The highest BCUT2D eigenvalue weighted by Gasteiger charge is 2.18. The van der Waals surface area contributed by atoms with E-state index in [9.17, 15) is 0 Å². The van der Waals surface area contributed by atoms with Crippen molar-refractivity contribution in [3.05, 3.63) is 30.0 Å². The largest absolute Gasteiger partial charge is 0.459 e. The normalized spacial score (nSPS) is 19.9. The number of benzene rings is 1. The first-order chi connectivity index (χ1) is 6.84. The summed E-state index contributed by atoms with van der Waals surface area (Å²) >= 11 is 0. The fourth-order valence-electron chi connectivity index (χ4n) is 1.91. The molecule has 1 atom stereocenters. The summed E-state index contributed by atoms with van der Waals surface area (Å²) in [7, 11) is 0. The third-order valence-electron chi connectivity index (χ3n) is 2.60. The van der Waals surface area contributed by atoms with Crippen molar-refractivity contribution >= 4 is 22.9 Å². The highest BCUT2D eigenvalue weighted by molar-refractivity contribution is 5.93. The van der Waals surface area contributed by atoms with Crippen molar-refractivity contribution in [2.24, 2.45) is 10.9 Å². The van der Waals surface area contributed by atoms with E-state index in [1.165, 1.54) is 0 Å². The lowest BCUT2D eigenvalue weighted by Gasteiger charge is -2.08. The molecule has 0 saturated carbocycles. The van der Waals surface area contributed by atoms with Crippen LogP contribution in [0.15, 0.2) is 33.7 Å². The van der Waals surface area contributed by atoms with Gasteiger partial charge in [-0.1, -0.05) is 19.1 Å². The molecule has 0 radical (unpaired) electrons. The van der Waals surface area contributed by atoms with Crippen LogP contribution in [0, 0.1) is 5.92 Å². The topological polar surface area (TPSA) is 25.5 Å². The number of rotatable bonds is 0. The van der Waals surface area contributed by atoms with Gasteiger partial charge in [0.25, 0.3) is 0 Å². The first-order valence-corrected chi connectivity index (χ1v) is 4.89. The molecule has 0 amide bonds. The maximum atomic E-state index is 5.75. The Morgan fingerprint density at radius 1 is 1.36 bits per heavy atom. The summed E-state index contributed by atoms with van der Waals surface area (Å²) < 4.78 is 5.75. The first kappa shape index (κ1) is 7.80. The lowest BCUT2D eigenvalue weighted by Crippen LogP contribution is -2.03. The van der Waals surface area contributed by atoms with Gasteiger partial charge in [-0.3, -0.25) is 4.99 Å². The van der Waals surface area contributed by atoms with E-state index >= 15 is 0 Å². The Hall–Kier alpha value is -1.57. The lowest BCUT2D eigenvalue weighted by molar-refractivity contribution is 0.525. The second kappa shape index (κ2) is 2.71.